The maximum atomic E-state index is 5.91. The van der Waals surface area contributed by atoms with Crippen LogP contribution < -0.4 is 10.5 Å². The summed E-state index contributed by atoms with van der Waals surface area (Å²) < 4.78 is 10.6. The summed E-state index contributed by atoms with van der Waals surface area (Å²) in [7, 11) is 1.68. The van der Waals surface area contributed by atoms with Crippen LogP contribution in [0, 0.1) is 0 Å². The standard InChI is InChI=1S/C12H18ClNO2/c1-9(14)11-8-10(13)4-5-12(11)16-7-3-6-15-2/h4-5,8-9H,3,6-7,14H2,1-2H3/t9-/m1/s1. The number of halogens is 1. The van der Waals surface area contributed by atoms with Crippen molar-refractivity contribution >= 4 is 11.6 Å². The molecule has 2 N–H and O–H groups in total. The molecular weight excluding hydrogens is 226 g/mol. The van der Waals surface area contributed by atoms with Crippen LogP contribution in [0.3, 0.4) is 0 Å². The van der Waals surface area contributed by atoms with Gasteiger partial charge < -0.3 is 15.2 Å². The van der Waals surface area contributed by atoms with Crippen molar-refractivity contribution in [2.24, 2.45) is 5.73 Å². The summed E-state index contributed by atoms with van der Waals surface area (Å²) in [6, 6.07) is 5.42. The lowest BCUT2D eigenvalue weighted by molar-refractivity contribution is 0.171. The number of benzene rings is 1. The largest absolute Gasteiger partial charge is 0.493 e. The van der Waals surface area contributed by atoms with E-state index in [4.69, 9.17) is 26.8 Å². The van der Waals surface area contributed by atoms with Crippen LogP contribution in [0.15, 0.2) is 18.2 Å². The molecule has 1 aromatic carbocycles. The Balaban J connectivity index is 2.64. The predicted octanol–water partition coefficient (Wildman–Crippen LogP) is 2.78. The molecule has 0 aromatic heterocycles. The summed E-state index contributed by atoms with van der Waals surface area (Å²) in [5.41, 5.74) is 6.79. The quantitative estimate of drug-likeness (QED) is 0.782. The van der Waals surface area contributed by atoms with Crippen LogP contribution in [0.1, 0.15) is 24.9 Å². The topological polar surface area (TPSA) is 44.5 Å². The maximum absolute atomic E-state index is 5.91. The molecule has 0 radical (unpaired) electrons. The van der Waals surface area contributed by atoms with Gasteiger partial charge >= 0.3 is 0 Å². The van der Waals surface area contributed by atoms with E-state index in [0.717, 1.165) is 17.7 Å². The second-order valence-corrected chi connectivity index (χ2v) is 4.10. The third-order valence-electron chi connectivity index (χ3n) is 2.21. The average molecular weight is 244 g/mol. The molecule has 0 saturated carbocycles. The lowest BCUT2D eigenvalue weighted by Gasteiger charge is -2.14. The van der Waals surface area contributed by atoms with Crippen molar-refractivity contribution in [2.45, 2.75) is 19.4 Å². The van der Waals surface area contributed by atoms with Crippen LogP contribution in [0.2, 0.25) is 5.02 Å². The molecule has 0 aliphatic rings. The Morgan fingerprint density at radius 1 is 1.38 bits per heavy atom. The summed E-state index contributed by atoms with van der Waals surface area (Å²) in [6.45, 7) is 3.23. The molecule has 0 amide bonds. The summed E-state index contributed by atoms with van der Waals surface area (Å²) in [4.78, 5) is 0. The van der Waals surface area contributed by atoms with Crippen LogP contribution in [-0.4, -0.2) is 20.3 Å². The highest BCUT2D eigenvalue weighted by atomic mass is 35.5. The van der Waals surface area contributed by atoms with Crippen molar-refractivity contribution in [1.29, 1.82) is 0 Å². The van der Waals surface area contributed by atoms with Crippen LogP contribution in [0.5, 0.6) is 5.75 Å². The Labute approximate surface area is 101 Å². The molecule has 1 rings (SSSR count). The third-order valence-corrected chi connectivity index (χ3v) is 2.45. The van der Waals surface area contributed by atoms with Gasteiger partial charge in [0.1, 0.15) is 5.75 Å². The van der Waals surface area contributed by atoms with Crippen molar-refractivity contribution in [3.63, 3.8) is 0 Å². The first-order chi connectivity index (χ1) is 7.65. The first kappa shape index (κ1) is 13.3. The average Bonchev–Trinajstić information content (AvgIpc) is 2.26. The van der Waals surface area contributed by atoms with Crippen molar-refractivity contribution in [3.05, 3.63) is 28.8 Å². The fraction of sp³-hybridized carbons (Fsp3) is 0.500. The number of hydrogen-bond acceptors (Lipinski definition) is 3. The molecule has 0 heterocycles. The fourth-order valence-electron chi connectivity index (χ4n) is 1.39. The van der Waals surface area contributed by atoms with E-state index in [1.54, 1.807) is 13.2 Å². The molecule has 16 heavy (non-hydrogen) atoms. The van der Waals surface area contributed by atoms with Gasteiger partial charge in [-0.05, 0) is 25.1 Å². The molecule has 0 unspecified atom stereocenters. The predicted molar refractivity (Wildman–Crippen MR) is 66.0 cm³/mol. The van der Waals surface area contributed by atoms with Gasteiger partial charge in [-0.3, -0.25) is 0 Å². The van der Waals surface area contributed by atoms with Gasteiger partial charge in [0.05, 0.1) is 6.61 Å². The Hall–Kier alpha value is -0.770. The first-order valence-electron chi connectivity index (χ1n) is 5.32. The normalized spacial score (nSPS) is 12.5. The van der Waals surface area contributed by atoms with E-state index in [2.05, 4.69) is 0 Å². The highest BCUT2D eigenvalue weighted by Gasteiger charge is 2.08. The SMILES string of the molecule is COCCCOc1ccc(Cl)cc1[C@@H](C)N. The number of ether oxygens (including phenoxy) is 2. The van der Waals surface area contributed by atoms with Gasteiger partial charge in [0.15, 0.2) is 0 Å². The van der Waals surface area contributed by atoms with E-state index in [9.17, 15) is 0 Å². The minimum absolute atomic E-state index is 0.0869. The molecule has 3 nitrogen and oxygen atoms in total. The van der Waals surface area contributed by atoms with Gasteiger partial charge in [0.2, 0.25) is 0 Å². The second kappa shape index (κ2) is 6.74. The minimum atomic E-state index is -0.0869. The summed E-state index contributed by atoms with van der Waals surface area (Å²) in [5, 5.41) is 0.677. The van der Waals surface area contributed by atoms with Gasteiger partial charge in [-0.15, -0.1) is 0 Å². The van der Waals surface area contributed by atoms with E-state index in [1.807, 2.05) is 19.1 Å². The maximum Gasteiger partial charge on any atom is 0.124 e. The minimum Gasteiger partial charge on any atom is -0.493 e. The zero-order valence-corrected chi connectivity index (χ0v) is 10.5. The summed E-state index contributed by atoms with van der Waals surface area (Å²) >= 11 is 5.91. The van der Waals surface area contributed by atoms with Crippen molar-refractivity contribution < 1.29 is 9.47 Å². The molecule has 0 bridgehead atoms. The molecule has 90 valence electrons. The van der Waals surface area contributed by atoms with E-state index >= 15 is 0 Å². The molecular formula is C12H18ClNO2. The van der Waals surface area contributed by atoms with Crippen molar-refractivity contribution in [1.82, 2.24) is 0 Å². The first-order valence-corrected chi connectivity index (χ1v) is 5.69. The molecule has 1 aromatic rings. The molecule has 0 aliphatic carbocycles. The van der Waals surface area contributed by atoms with Crippen molar-refractivity contribution in [2.75, 3.05) is 20.3 Å². The Bertz CT molecular complexity index is 329. The van der Waals surface area contributed by atoms with E-state index in [0.29, 0.717) is 18.2 Å². The third kappa shape index (κ3) is 4.00. The smallest absolute Gasteiger partial charge is 0.124 e. The lowest BCUT2D eigenvalue weighted by atomic mass is 10.1. The summed E-state index contributed by atoms with van der Waals surface area (Å²) in [6.07, 6.45) is 0.859. The zero-order valence-electron chi connectivity index (χ0n) is 9.70. The monoisotopic (exact) mass is 243 g/mol. The van der Waals surface area contributed by atoms with Gasteiger partial charge in [-0.2, -0.15) is 0 Å². The summed E-state index contributed by atoms with van der Waals surface area (Å²) in [5.74, 6) is 0.801. The van der Waals surface area contributed by atoms with Crippen LogP contribution in [-0.2, 0) is 4.74 Å². The number of hydrogen-bond donors (Lipinski definition) is 1. The fourth-order valence-corrected chi connectivity index (χ4v) is 1.57. The highest BCUT2D eigenvalue weighted by Crippen LogP contribution is 2.27. The molecule has 1 atom stereocenters. The molecule has 0 aliphatic heterocycles. The number of rotatable bonds is 6. The van der Waals surface area contributed by atoms with E-state index in [1.165, 1.54) is 0 Å². The molecule has 0 fully saturated rings. The second-order valence-electron chi connectivity index (χ2n) is 3.67. The van der Waals surface area contributed by atoms with Crippen LogP contribution >= 0.6 is 11.6 Å². The van der Waals surface area contributed by atoms with Gasteiger partial charge in [0, 0.05) is 36.8 Å². The van der Waals surface area contributed by atoms with Crippen molar-refractivity contribution in [3.8, 4) is 5.75 Å². The van der Waals surface area contributed by atoms with Crippen LogP contribution in [0.4, 0.5) is 0 Å². The van der Waals surface area contributed by atoms with Crippen LogP contribution in [0.25, 0.3) is 0 Å². The molecule has 0 spiro atoms. The Kier molecular flexibility index (Phi) is 5.60. The number of methoxy groups -OCH3 is 1. The van der Waals surface area contributed by atoms with Gasteiger partial charge in [-0.25, -0.2) is 0 Å². The van der Waals surface area contributed by atoms with E-state index in [-0.39, 0.29) is 6.04 Å². The molecule has 0 saturated heterocycles. The van der Waals surface area contributed by atoms with Gasteiger partial charge in [0.25, 0.3) is 0 Å². The Morgan fingerprint density at radius 3 is 2.75 bits per heavy atom. The Morgan fingerprint density at radius 2 is 2.12 bits per heavy atom. The lowest BCUT2D eigenvalue weighted by Crippen LogP contribution is -2.09. The number of nitrogens with two attached hydrogens (primary N) is 1. The van der Waals surface area contributed by atoms with Gasteiger partial charge in [-0.1, -0.05) is 11.6 Å². The van der Waals surface area contributed by atoms with E-state index < -0.39 is 0 Å². The highest BCUT2D eigenvalue weighted by molar-refractivity contribution is 6.30. The molecule has 4 heteroatoms. The zero-order chi connectivity index (χ0) is 12.0.